The van der Waals surface area contributed by atoms with E-state index in [9.17, 15) is 19.2 Å². The number of ether oxygens (including phenoxy) is 4. The maximum atomic E-state index is 14.1. The Morgan fingerprint density at radius 2 is 1.47 bits per heavy atom. The molecule has 0 saturated carbocycles. The number of carbonyl (C=O) groups is 3. The number of methoxy groups -OCH3 is 2. The van der Waals surface area contributed by atoms with Crippen molar-refractivity contribution in [2.75, 3.05) is 20.8 Å². The minimum Gasteiger partial charge on any atom is -0.497 e. The Hall–Kier alpha value is -5.42. The van der Waals surface area contributed by atoms with Crippen LogP contribution in [0.4, 0.5) is 4.79 Å². The van der Waals surface area contributed by atoms with Gasteiger partial charge in [0, 0.05) is 16.0 Å². The molecule has 3 aromatic carbocycles. The smallest absolute Gasteiger partial charge is 0.497 e. The van der Waals surface area contributed by atoms with E-state index in [0.29, 0.717) is 37.9 Å². The summed E-state index contributed by atoms with van der Waals surface area (Å²) in [6, 6.07) is 21.4. The summed E-state index contributed by atoms with van der Waals surface area (Å²) in [5.74, 6) is 0.115. The van der Waals surface area contributed by atoms with E-state index >= 15 is 0 Å². The van der Waals surface area contributed by atoms with E-state index in [-0.39, 0.29) is 30.8 Å². The minimum atomic E-state index is -1.02. The first-order chi connectivity index (χ1) is 21.8. The molecule has 0 bridgehead atoms. The lowest BCUT2D eigenvalue weighted by Gasteiger charge is -2.16. The van der Waals surface area contributed by atoms with Crippen LogP contribution in [0.1, 0.15) is 38.8 Å². The fraction of sp³-hybridized carbons (Fsp3) is 0.176. The number of fused-ring (bicyclic) bond motifs is 2. The summed E-state index contributed by atoms with van der Waals surface area (Å²) in [5, 5.41) is 0.221. The fourth-order valence-corrected chi connectivity index (χ4v) is 6.67. The van der Waals surface area contributed by atoms with Gasteiger partial charge in [0.25, 0.3) is 11.8 Å². The summed E-state index contributed by atoms with van der Waals surface area (Å²) in [6.07, 6.45) is 0.444. The van der Waals surface area contributed by atoms with Gasteiger partial charge in [0.05, 0.1) is 56.6 Å². The molecule has 228 valence electrons. The maximum absolute atomic E-state index is 14.1. The third-order valence-corrected chi connectivity index (χ3v) is 8.83. The number of imide groups is 1. The molecule has 1 aliphatic rings. The molecule has 45 heavy (non-hydrogen) atoms. The Morgan fingerprint density at radius 3 is 2.11 bits per heavy atom. The second-order valence-electron chi connectivity index (χ2n) is 10.1. The normalized spacial score (nSPS) is 12.4. The van der Waals surface area contributed by atoms with Gasteiger partial charge in [0.2, 0.25) is 5.43 Å². The van der Waals surface area contributed by atoms with Crippen LogP contribution < -0.4 is 19.6 Å². The lowest BCUT2D eigenvalue weighted by molar-refractivity contribution is 0.0643. The van der Waals surface area contributed by atoms with Gasteiger partial charge < -0.3 is 23.5 Å². The average Bonchev–Trinajstić information content (AvgIpc) is 3.55. The summed E-state index contributed by atoms with van der Waals surface area (Å²) in [7, 11) is 3.14. The first-order valence-corrected chi connectivity index (χ1v) is 14.9. The second-order valence-corrected chi connectivity index (χ2v) is 11.1. The van der Waals surface area contributed by atoms with Crippen LogP contribution in [0.25, 0.3) is 20.7 Å². The number of para-hydroxylation sites is 1. The predicted octanol–water partition coefficient (Wildman–Crippen LogP) is 6.13. The summed E-state index contributed by atoms with van der Waals surface area (Å²) in [4.78, 5) is 55.8. The summed E-state index contributed by atoms with van der Waals surface area (Å²) in [5.41, 5.74) is 2.04. The lowest BCUT2D eigenvalue weighted by Crippen LogP contribution is -2.29. The number of amides is 2. The van der Waals surface area contributed by atoms with E-state index in [1.807, 2.05) is 36.4 Å². The van der Waals surface area contributed by atoms with Crippen LogP contribution in [0.2, 0.25) is 0 Å². The van der Waals surface area contributed by atoms with Crippen LogP contribution in [0.15, 0.2) is 83.8 Å². The highest BCUT2D eigenvalue weighted by Crippen LogP contribution is 2.41. The number of hydrogen-bond donors (Lipinski definition) is 0. The monoisotopic (exact) mass is 624 g/mol. The second kappa shape index (κ2) is 12.3. The van der Waals surface area contributed by atoms with Gasteiger partial charge in [-0.3, -0.25) is 19.3 Å². The minimum absolute atomic E-state index is 0.0571. The SMILES string of the molecule is CCOC(=O)Oc1cn(Cc2ccccc2OC)c2sc(-c3ccc(OC)cc3)c(CN3C(=O)c4ccccc4C3=O)c2c1=O. The van der Waals surface area contributed by atoms with Crippen molar-refractivity contribution in [2.45, 2.75) is 20.0 Å². The molecule has 0 atom stereocenters. The molecule has 3 heterocycles. The fourth-order valence-electron chi connectivity index (χ4n) is 5.38. The number of pyridine rings is 1. The topological polar surface area (TPSA) is 113 Å². The number of benzene rings is 3. The summed E-state index contributed by atoms with van der Waals surface area (Å²) >= 11 is 1.33. The number of nitrogens with zero attached hydrogens (tertiary/aromatic N) is 2. The van der Waals surface area contributed by atoms with Crippen LogP contribution in [-0.4, -0.2) is 48.3 Å². The zero-order valence-corrected chi connectivity index (χ0v) is 25.5. The van der Waals surface area contributed by atoms with Gasteiger partial charge in [0.1, 0.15) is 16.3 Å². The molecule has 0 saturated heterocycles. The highest BCUT2D eigenvalue weighted by atomic mass is 32.1. The number of carbonyl (C=O) groups excluding carboxylic acids is 3. The molecule has 2 amide bonds. The molecule has 11 heteroatoms. The van der Waals surface area contributed by atoms with E-state index in [1.54, 1.807) is 62.1 Å². The summed E-state index contributed by atoms with van der Waals surface area (Å²) < 4.78 is 23.1. The molecule has 5 aromatic rings. The van der Waals surface area contributed by atoms with E-state index in [0.717, 1.165) is 16.0 Å². The first-order valence-electron chi connectivity index (χ1n) is 14.1. The van der Waals surface area contributed by atoms with Gasteiger partial charge in [-0.25, -0.2) is 4.79 Å². The average molecular weight is 625 g/mol. The van der Waals surface area contributed by atoms with Gasteiger partial charge in [-0.15, -0.1) is 11.3 Å². The Kier molecular flexibility index (Phi) is 8.10. The van der Waals surface area contributed by atoms with Crippen molar-refractivity contribution in [1.82, 2.24) is 9.47 Å². The molecular weight excluding hydrogens is 596 g/mol. The van der Waals surface area contributed by atoms with E-state index in [1.165, 1.54) is 17.5 Å². The first kappa shape index (κ1) is 29.6. The molecule has 0 aliphatic carbocycles. The van der Waals surface area contributed by atoms with Crippen molar-refractivity contribution in [1.29, 1.82) is 0 Å². The van der Waals surface area contributed by atoms with Gasteiger partial charge >= 0.3 is 6.16 Å². The molecule has 0 radical (unpaired) electrons. The Bertz CT molecular complexity index is 1980. The molecule has 0 fully saturated rings. The van der Waals surface area contributed by atoms with Gasteiger partial charge in [-0.05, 0) is 55.0 Å². The summed E-state index contributed by atoms with van der Waals surface area (Å²) in [6.45, 7) is 1.77. The predicted molar refractivity (Wildman–Crippen MR) is 168 cm³/mol. The number of thiophene rings is 1. The van der Waals surface area contributed by atoms with Crippen LogP contribution >= 0.6 is 11.3 Å². The van der Waals surface area contributed by atoms with Gasteiger partial charge in [-0.2, -0.15) is 0 Å². The largest absolute Gasteiger partial charge is 0.514 e. The van der Waals surface area contributed by atoms with Crippen molar-refractivity contribution in [3.63, 3.8) is 0 Å². The van der Waals surface area contributed by atoms with E-state index < -0.39 is 23.4 Å². The number of rotatable bonds is 9. The molecule has 1 aliphatic heterocycles. The van der Waals surface area contributed by atoms with Crippen LogP contribution in [0.3, 0.4) is 0 Å². The molecule has 2 aromatic heterocycles. The van der Waals surface area contributed by atoms with Crippen molar-refractivity contribution in [3.05, 3.63) is 111 Å². The standard InChI is InChI=1S/C34H28N2O8S/c1-4-43-34(40)44-27-19-35(17-21-9-5-8-12-26(21)42-3)33-28(29(27)37)25(30(45-33)20-13-15-22(41-2)16-14-20)18-36-31(38)23-10-6-7-11-24(23)32(36)39/h5-16,19H,4,17-18H2,1-3H3. The number of aromatic nitrogens is 1. The van der Waals surface area contributed by atoms with Crippen LogP contribution in [0, 0.1) is 0 Å². The number of hydrogen-bond acceptors (Lipinski definition) is 9. The molecule has 0 spiro atoms. The van der Waals surface area contributed by atoms with Gasteiger partial charge in [0.15, 0.2) is 5.75 Å². The lowest BCUT2D eigenvalue weighted by atomic mass is 10.1. The molecule has 6 rings (SSSR count). The van der Waals surface area contributed by atoms with Crippen molar-refractivity contribution >= 4 is 39.5 Å². The van der Waals surface area contributed by atoms with Crippen LogP contribution in [-0.2, 0) is 17.8 Å². The van der Waals surface area contributed by atoms with Crippen LogP contribution in [0.5, 0.6) is 17.2 Å². The maximum Gasteiger partial charge on any atom is 0.514 e. The Morgan fingerprint density at radius 1 is 0.800 bits per heavy atom. The molecule has 0 N–H and O–H groups in total. The highest BCUT2D eigenvalue weighted by molar-refractivity contribution is 7.22. The third-order valence-electron chi connectivity index (χ3n) is 7.51. The molecule has 10 nitrogen and oxygen atoms in total. The van der Waals surface area contributed by atoms with Crippen molar-refractivity contribution < 1.29 is 33.3 Å². The quantitative estimate of drug-likeness (QED) is 0.142. The Balaban J connectivity index is 1.59. The van der Waals surface area contributed by atoms with Crippen molar-refractivity contribution in [2.24, 2.45) is 0 Å². The zero-order chi connectivity index (χ0) is 31.7. The third kappa shape index (κ3) is 5.42. The van der Waals surface area contributed by atoms with E-state index in [4.69, 9.17) is 18.9 Å². The van der Waals surface area contributed by atoms with Gasteiger partial charge in [-0.1, -0.05) is 30.3 Å². The zero-order valence-electron chi connectivity index (χ0n) is 24.7. The highest BCUT2D eigenvalue weighted by Gasteiger charge is 2.37. The molecule has 0 unspecified atom stereocenters. The molecular formula is C34H28N2O8S. The Labute approximate surface area is 261 Å². The van der Waals surface area contributed by atoms with Crippen molar-refractivity contribution in [3.8, 4) is 27.7 Å². The van der Waals surface area contributed by atoms with E-state index in [2.05, 4.69) is 0 Å².